The third kappa shape index (κ3) is 7.50. The second-order valence-corrected chi connectivity index (χ2v) is 4.90. The molecule has 0 aliphatic carbocycles. The number of unbranched alkanes of at least 4 members (excludes halogenated alkanes) is 7. The maximum atomic E-state index is 11.0. The molecule has 3 heteroatoms. The van der Waals surface area contributed by atoms with Crippen molar-refractivity contribution in [3.05, 3.63) is 41.0 Å². The zero-order valence-electron chi connectivity index (χ0n) is 11.6. The summed E-state index contributed by atoms with van der Waals surface area (Å²) in [6, 6.07) is 2.61. The van der Waals surface area contributed by atoms with Gasteiger partial charge in [0.15, 0.2) is 0 Å². The molecule has 19 heavy (non-hydrogen) atoms. The van der Waals surface area contributed by atoms with Crippen LogP contribution in [0.3, 0.4) is 0 Å². The zero-order valence-corrected chi connectivity index (χ0v) is 11.6. The molecule has 0 saturated heterocycles. The maximum Gasteiger partial charge on any atom is 0.339 e. The van der Waals surface area contributed by atoms with Crippen LogP contribution in [-0.4, -0.2) is 5.11 Å². The fourth-order valence-corrected chi connectivity index (χ4v) is 2.11. The Balaban J connectivity index is 2.04. The van der Waals surface area contributed by atoms with E-state index in [2.05, 4.69) is 6.58 Å². The first-order valence-electron chi connectivity index (χ1n) is 7.16. The van der Waals surface area contributed by atoms with E-state index in [1.165, 1.54) is 38.2 Å². The van der Waals surface area contributed by atoms with Crippen molar-refractivity contribution in [2.24, 2.45) is 0 Å². The Morgan fingerprint density at radius 3 is 2.32 bits per heavy atom. The van der Waals surface area contributed by atoms with Gasteiger partial charge in [0.1, 0.15) is 11.5 Å². The summed E-state index contributed by atoms with van der Waals surface area (Å²) >= 11 is 0. The van der Waals surface area contributed by atoms with E-state index >= 15 is 0 Å². The van der Waals surface area contributed by atoms with Crippen LogP contribution in [0, 0.1) is 0 Å². The zero-order chi connectivity index (χ0) is 13.9. The SMILES string of the molecule is C=CCCCCCCCCCc1cc(O)cc(=O)o1. The molecule has 1 N–H and O–H groups in total. The largest absolute Gasteiger partial charge is 0.508 e. The Labute approximate surface area is 115 Å². The van der Waals surface area contributed by atoms with E-state index in [0.29, 0.717) is 5.76 Å². The molecular formula is C16H24O3. The van der Waals surface area contributed by atoms with Crippen LogP contribution in [0.1, 0.15) is 57.1 Å². The lowest BCUT2D eigenvalue weighted by Crippen LogP contribution is -1.98. The minimum absolute atomic E-state index is 0.00605. The van der Waals surface area contributed by atoms with Crippen molar-refractivity contribution in [1.82, 2.24) is 0 Å². The van der Waals surface area contributed by atoms with Gasteiger partial charge in [-0.1, -0.05) is 38.2 Å². The third-order valence-electron chi connectivity index (χ3n) is 3.14. The predicted octanol–water partition coefficient (Wildman–Crippen LogP) is 4.19. The normalized spacial score (nSPS) is 10.5. The minimum Gasteiger partial charge on any atom is -0.508 e. The van der Waals surface area contributed by atoms with E-state index in [4.69, 9.17) is 4.42 Å². The first-order chi connectivity index (χ1) is 9.22. The van der Waals surface area contributed by atoms with E-state index in [0.717, 1.165) is 31.7 Å². The fraction of sp³-hybridized carbons (Fsp3) is 0.562. The fourth-order valence-electron chi connectivity index (χ4n) is 2.11. The highest BCUT2D eigenvalue weighted by atomic mass is 16.4. The van der Waals surface area contributed by atoms with Crippen molar-refractivity contribution < 1.29 is 9.52 Å². The molecule has 1 rings (SSSR count). The van der Waals surface area contributed by atoms with Gasteiger partial charge in [0, 0.05) is 12.5 Å². The molecule has 0 saturated carbocycles. The lowest BCUT2D eigenvalue weighted by atomic mass is 10.1. The van der Waals surface area contributed by atoms with Crippen molar-refractivity contribution in [1.29, 1.82) is 0 Å². The van der Waals surface area contributed by atoms with E-state index < -0.39 is 5.63 Å². The molecular weight excluding hydrogens is 240 g/mol. The quantitative estimate of drug-likeness (QED) is 0.509. The topological polar surface area (TPSA) is 50.4 Å². The van der Waals surface area contributed by atoms with Crippen LogP contribution in [-0.2, 0) is 6.42 Å². The molecule has 3 nitrogen and oxygen atoms in total. The highest BCUT2D eigenvalue weighted by molar-refractivity contribution is 5.18. The molecule has 0 amide bonds. The molecule has 106 valence electrons. The average Bonchev–Trinajstić information content (AvgIpc) is 2.36. The van der Waals surface area contributed by atoms with Crippen LogP contribution >= 0.6 is 0 Å². The Kier molecular flexibility index (Phi) is 7.71. The van der Waals surface area contributed by atoms with Gasteiger partial charge in [0.2, 0.25) is 0 Å². The molecule has 0 fully saturated rings. The first-order valence-corrected chi connectivity index (χ1v) is 7.16. The molecule has 1 heterocycles. The molecule has 1 aromatic heterocycles. The van der Waals surface area contributed by atoms with Crippen LogP contribution in [0.4, 0.5) is 0 Å². The minimum atomic E-state index is -0.475. The number of rotatable bonds is 10. The van der Waals surface area contributed by atoms with E-state index in [1.54, 1.807) is 0 Å². The summed E-state index contributed by atoms with van der Waals surface area (Å²) in [6.45, 7) is 3.71. The van der Waals surface area contributed by atoms with Gasteiger partial charge < -0.3 is 9.52 Å². The second-order valence-electron chi connectivity index (χ2n) is 4.90. The van der Waals surface area contributed by atoms with Crippen molar-refractivity contribution in [2.45, 2.75) is 57.8 Å². The van der Waals surface area contributed by atoms with Crippen LogP contribution in [0.2, 0.25) is 0 Å². The van der Waals surface area contributed by atoms with Gasteiger partial charge in [0.05, 0.1) is 6.07 Å². The Hall–Kier alpha value is -1.51. The molecule has 1 aromatic rings. The molecule has 0 aliphatic heterocycles. The summed E-state index contributed by atoms with van der Waals surface area (Å²) in [6.07, 6.45) is 12.3. The molecule has 0 bridgehead atoms. The van der Waals surface area contributed by atoms with Crippen LogP contribution < -0.4 is 5.63 Å². The van der Waals surface area contributed by atoms with Crippen molar-refractivity contribution in [3.8, 4) is 5.75 Å². The highest BCUT2D eigenvalue weighted by Crippen LogP contribution is 2.13. The summed E-state index contributed by atoms with van der Waals surface area (Å²) in [7, 11) is 0. The van der Waals surface area contributed by atoms with Gasteiger partial charge in [-0.15, -0.1) is 6.58 Å². The molecule has 0 spiro atoms. The third-order valence-corrected chi connectivity index (χ3v) is 3.14. The molecule has 0 atom stereocenters. The monoisotopic (exact) mass is 264 g/mol. The number of allylic oxidation sites excluding steroid dienone is 1. The second kappa shape index (κ2) is 9.42. The molecule has 0 radical (unpaired) electrons. The van der Waals surface area contributed by atoms with Crippen LogP contribution in [0.25, 0.3) is 0 Å². The molecule has 0 unspecified atom stereocenters. The van der Waals surface area contributed by atoms with Gasteiger partial charge >= 0.3 is 5.63 Å². The summed E-state index contributed by atoms with van der Waals surface area (Å²) in [4.78, 5) is 11.0. The molecule has 0 aromatic carbocycles. The smallest absolute Gasteiger partial charge is 0.339 e. The number of aryl methyl sites for hydroxylation is 1. The summed E-state index contributed by atoms with van der Waals surface area (Å²) in [5.74, 6) is 0.574. The Morgan fingerprint density at radius 1 is 1.05 bits per heavy atom. The van der Waals surface area contributed by atoms with Crippen LogP contribution in [0.5, 0.6) is 5.75 Å². The summed E-state index contributed by atoms with van der Waals surface area (Å²) in [5.41, 5.74) is -0.475. The van der Waals surface area contributed by atoms with E-state index in [1.807, 2.05) is 6.08 Å². The lowest BCUT2D eigenvalue weighted by molar-refractivity contribution is 0.418. The van der Waals surface area contributed by atoms with Gasteiger partial charge in [-0.25, -0.2) is 4.79 Å². The summed E-state index contributed by atoms with van der Waals surface area (Å²) in [5, 5.41) is 9.27. The van der Waals surface area contributed by atoms with Gasteiger partial charge in [-0.3, -0.25) is 0 Å². The van der Waals surface area contributed by atoms with Gasteiger partial charge in [-0.2, -0.15) is 0 Å². The number of hydrogen-bond acceptors (Lipinski definition) is 3. The van der Waals surface area contributed by atoms with Gasteiger partial charge in [-0.05, 0) is 19.3 Å². The molecule has 0 aliphatic rings. The first kappa shape index (κ1) is 15.5. The highest BCUT2D eigenvalue weighted by Gasteiger charge is 2.00. The van der Waals surface area contributed by atoms with Crippen molar-refractivity contribution in [3.63, 3.8) is 0 Å². The summed E-state index contributed by atoms with van der Waals surface area (Å²) < 4.78 is 5.01. The predicted molar refractivity (Wildman–Crippen MR) is 77.5 cm³/mol. The van der Waals surface area contributed by atoms with Crippen LogP contribution in [0.15, 0.2) is 34.0 Å². The Morgan fingerprint density at radius 2 is 1.68 bits per heavy atom. The van der Waals surface area contributed by atoms with Gasteiger partial charge in [0.25, 0.3) is 0 Å². The van der Waals surface area contributed by atoms with Crippen molar-refractivity contribution >= 4 is 0 Å². The number of aromatic hydroxyl groups is 1. The average molecular weight is 264 g/mol. The standard InChI is InChI=1S/C16H24O3/c1-2-3-4-5-6-7-8-9-10-11-15-12-14(17)13-16(18)19-15/h2,12-13,17H,1,3-11H2. The van der Waals surface area contributed by atoms with E-state index in [-0.39, 0.29) is 5.75 Å². The lowest BCUT2D eigenvalue weighted by Gasteiger charge is -2.02. The number of hydrogen-bond donors (Lipinski definition) is 1. The van der Waals surface area contributed by atoms with E-state index in [9.17, 15) is 9.90 Å². The van der Waals surface area contributed by atoms with Crippen molar-refractivity contribution in [2.75, 3.05) is 0 Å². The maximum absolute atomic E-state index is 11.0. The Bertz CT molecular complexity index is 420.